The summed E-state index contributed by atoms with van der Waals surface area (Å²) in [5, 5.41) is 0. The van der Waals surface area contributed by atoms with E-state index in [4.69, 9.17) is 5.73 Å². The summed E-state index contributed by atoms with van der Waals surface area (Å²) in [7, 11) is 0. The van der Waals surface area contributed by atoms with Crippen molar-refractivity contribution in [1.82, 2.24) is 0 Å². The van der Waals surface area contributed by atoms with Gasteiger partial charge in [-0.15, -0.1) is 12.4 Å². The zero-order valence-electron chi connectivity index (χ0n) is 9.26. The van der Waals surface area contributed by atoms with Crippen LogP contribution in [-0.4, -0.2) is 5.54 Å². The van der Waals surface area contributed by atoms with Gasteiger partial charge in [0.2, 0.25) is 0 Å². The highest BCUT2D eigenvalue weighted by Crippen LogP contribution is 2.37. The zero-order valence-corrected chi connectivity index (χ0v) is 10.1. The minimum atomic E-state index is -4.28. The number of halogens is 4. The summed E-state index contributed by atoms with van der Waals surface area (Å²) < 4.78 is 38.1. The van der Waals surface area contributed by atoms with Gasteiger partial charge in [-0.05, 0) is 37.3 Å². The SMILES string of the molecule is Cl.NC1(Cc2ccccc2C(F)(F)F)CCC1. The molecule has 0 aliphatic heterocycles. The lowest BCUT2D eigenvalue weighted by atomic mass is 9.73. The third-order valence-electron chi connectivity index (χ3n) is 3.21. The lowest BCUT2D eigenvalue weighted by Gasteiger charge is -2.38. The molecule has 0 radical (unpaired) electrons. The van der Waals surface area contributed by atoms with Crippen LogP contribution in [0.5, 0.6) is 0 Å². The van der Waals surface area contributed by atoms with Crippen LogP contribution >= 0.6 is 12.4 Å². The molecule has 0 spiro atoms. The Morgan fingerprint density at radius 1 is 1.18 bits per heavy atom. The molecule has 2 N–H and O–H groups in total. The maximum Gasteiger partial charge on any atom is 0.416 e. The average Bonchev–Trinajstić information content (AvgIpc) is 2.14. The van der Waals surface area contributed by atoms with E-state index in [0.29, 0.717) is 12.0 Å². The predicted molar refractivity (Wildman–Crippen MR) is 63.2 cm³/mol. The fraction of sp³-hybridized carbons (Fsp3) is 0.500. The van der Waals surface area contributed by atoms with Gasteiger partial charge in [-0.25, -0.2) is 0 Å². The number of hydrogen-bond donors (Lipinski definition) is 1. The molecule has 0 amide bonds. The van der Waals surface area contributed by atoms with Gasteiger partial charge in [0.15, 0.2) is 0 Å². The van der Waals surface area contributed by atoms with Crippen molar-refractivity contribution in [2.45, 2.75) is 37.4 Å². The lowest BCUT2D eigenvalue weighted by Crippen LogP contribution is -2.48. The van der Waals surface area contributed by atoms with Crippen molar-refractivity contribution in [2.24, 2.45) is 5.73 Å². The van der Waals surface area contributed by atoms with Crippen LogP contribution < -0.4 is 5.73 Å². The first-order chi connectivity index (χ1) is 7.41. The molecule has 0 saturated heterocycles. The number of hydrogen-bond acceptors (Lipinski definition) is 1. The third kappa shape index (κ3) is 3.13. The van der Waals surface area contributed by atoms with E-state index in [1.165, 1.54) is 12.1 Å². The molecule has 0 aromatic heterocycles. The fourth-order valence-electron chi connectivity index (χ4n) is 2.14. The first kappa shape index (κ1) is 14.3. The maximum absolute atomic E-state index is 12.7. The topological polar surface area (TPSA) is 26.0 Å². The number of nitrogens with two attached hydrogens (primary N) is 1. The van der Waals surface area contributed by atoms with Gasteiger partial charge in [-0.2, -0.15) is 13.2 Å². The Labute approximate surface area is 105 Å². The molecule has 17 heavy (non-hydrogen) atoms. The zero-order chi connectivity index (χ0) is 11.8. The van der Waals surface area contributed by atoms with E-state index >= 15 is 0 Å². The van der Waals surface area contributed by atoms with E-state index in [1.807, 2.05) is 0 Å². The van der Waals surface area contributed by atoms with Crippen LogP contribution in [0, 0.1) is 0 Å². The molecule has 1 nitrogen and oxygen atoms in total. The van der Waals surface area contributed by atoms with Crippen molar-refractivity contribution in [2.75, 3.05) is 0 Å². The highest BCUT2D eigenvalue weighted by atomic mass is 35.5. The van der Waals surface area contributed by atoms with E-state index < -0.39 is 17.3 Å². The van der Waals surface area contributed by atoms with Gasteiger partial charge < -0.3 is 5.73 Å². The van der Waals surface area contributed by atoms with Gasteiger partial charge in [-0.3, -0.25) is 0 Å². The van der Waals surface area contributed by atoms with E-state index in [-0.39, 0.29) is 12.4 Å². The van der Waals surface area contributed by atoms with Crippen molar-refractivity contribution in [3.63, 3.8) is 0 Å². The number of rotatable bonds is 2. The molecule has 1 aromatic carbocycles. The Hall–Kier alpha value is -0.740. The van der Waals surface area contributed by atoms with Gasteiger partial charge in [-0.1, -0.05) is 18.2 Å². The predicted octanol–water partition coefficient (Wildman–Crippen LogP) is 3.55. The average molecular weight is 266 g/mol. The Morgan fingerprint density at radius 3 is 2.24 bits per heavy atom. The minimum Gasteiger partial charge on any atom is -0.325 e. The molecule has 0 bridgehead atoms. The molecule has 1 saturated carbocycles. The van der Waals surface area contributed by atoms with Crippen molar-refractivity contribution >= 4 is 12.4 Å². The number of alkyl halides is 3. The van der Waals surface area contributed by atoms with Crippen LogP contribution in [0.4, 0.5) is 13.2 Å². The summed E-state index contributed by atoms with van der Waals surface area (Å²) in [4.78, 5) is 0. The van der Waals surface area contributed by atoms with E-state index in [1.54, 1.807) is 6.07 Å². The van der Waals surface area contributed by atoms with Crippen LogP contribution in [0.3, 0.4) is 0 Å². The summed E-state index contributed by atoms with van der Waals surface area (Å²) >= 11 is 0. The molecule has 0 unspecified atom stereocenters. The van der Waals surface area contributed by atoms with Crippen LogP contribution in [0.15, 0.2) is 24.3 Å². The molecule has 0 heterocycles. The van der Waals surface area contributed by atoms with Crippen molar-refractivity contribution in [1.29, 1.82) is 0 Å². The van der Waals surface area contributed by atoms with Crippen LogP contribution in [0.25, 0.3) is 0 Å². The largest absolute Gasteiger partial charge is 0.416 e. The lowest BCUT2D eigenvalue weighted by molar-refractivity contribution is -0.138. The van der Waals surface area contributed by atoms with Gasteiger partial charge in [0.05, 0.1) is 5.56 Å². The Kier molecular flexibility index (Phi) is 4.10. The van der Waals surface area contributed by atoms with Crippen LogP contribution in [0.2, 0.25) is 0 Å². The molecular formula is C12H15ClF3N. The van der Waals surface area contributed by atoms with Crippen molar-refractivity contribution in [3.8, 4) is 0 Å². The molecule has 1 aliphatic carbocycles. The van der Waals surface area contributed by atoms with Crippen molar-refractivity contribution in [3.05, 3.63) is 35.4 Å². The van der Waals surface area contributed by atoms with E-state index in [9.17, 15) is 13.2 Å². The van der Waals surface area contributed by atoms with Crippen LogP contribution in [0.1, 0.15) is 30.4 Å². The molecular weight excluding hydrogens is 251 g/mol. The first-order valence-corrected chi connectivity index (χ1v) is 5.35. The smallest absolute Gasteiger partial charge is 0.325 e. The maximum atomic E-state index is 12.7. The van der Waals surface area contributed by atoms with E-state index in [0.717, 1.165) is 25.3 Å². The first-order valence-electron chi connectivity index (χ1n) is 5.35. The Balaban J connectivity index is 0.00000144. The molecule has 5 heteroatoms. The summed E-state index contributed by atoms with van der Waals surface area (Å²) in [6, 6.07) is 5.69. The van der Waals surface area contributed by atoms with Gasteiger partial charge in [0.1, 0.15) is 0 Å². The molecule has 96 valence electrons. The third-order valence-corrected chi connectivity index (χ3v) is 3.21. The quantitative estimate of drug-likeness (QED) is 0.869. The molecule has 0 atom stereocenters. The summed E-state index contributed by atoms with van der Waals surface area (Å²) in [6.45, 7) is 0. The summed E-state index contributed by atoms with van der Waals surface area (Å²) in [5.74, 6) is 0. The minimum absolute atomic E-state index is 0. The molecule has 2 rings (SSSR count). The second kappa shape index (κ2) is 4.86. The second-order valence-corrected chi connectivity index (χ2v) is 4.55. The summed E-state index contributed by atoms with van der Waals surface area (Å²) in [5.41, 5.74) is 5.33. The monoisotopic (exact) mass is 265 g/mol. The normalized spacial score (nSPS) is 18.1. The molecule has 1 fully saturated rings. The standard InChI is InChI=1S/C12H14F3N.ClH/c13-12(14,15)10-5-2-1-4-9(10)8-11(16)6-3-7-11;/h1-2,4-5H,3,6-8,16H2;1H. The van der Waals surface area contributed by atoms with Gasteiger partial charge in [0, 0.05) is 5.54 Å². The summed E-state index contributed by atoms with van der Waals surface area (Å²) in [6.07, 6.45) is -1.30. The van der Waals surface area contributed by atoms with Crippen molar-refractivity contribution < 1.29 is 13.2 Å². The van der Waals surface area contributed by atoms with Crippen LogP contribution in [-0.2, 0) is 12.6 Å². The Morgan fingerprint density at radius 2 is 1.76 bits per heavy atom. The van der Waals surface area contributed by atoms with E-state index in [2.05, 4.69) is 0 Å². The Bertz CT molecular complexity index is 386. The van der Waals surface area contributed by atoms with Gasteiger partial charge >= 0.3 is 6.18 Å². The fourth-order valence-corrected chi connectivity index (χ4v) is 2.14. The van der Waals surface area contributed by atoms with Gasteiger partial charge in [0.25, 0.3) is 0 Å². The highest BCUT2D eigenvalue weighted by molar-refractivity contribution is 5.85. The molecule has 1 aliphatic rings. The highest BCUT2D eigenvalue weighted by Gasteiger charge is 2.37. The second-order valence-electron chi connectivity index (χ2n) is 4.55. The molecule has 1 aromatic rings. The number of benzene rings is 1.